The van der Waals surface area contributed by atoms with E-state index in [9.17, 15) is 0 Å². The second-order valence-corrected chi connectivity index (χ2v) is 6.12. The zero-order valence-corrected chi connectivity index (χ0v) is 11.1. The van der Waals surface area contributed by atoms with Crippen LogP contribution in [0.3, 0.4) is 0 Å². The smallest absolute Gasteiger partial charge is 0.0261 e. The number of halogens is 1. The molecule has 0 bridgehead atoms. The van der Waals surface area contributed by atoms with Crippen molar-refractivity contribution in [3.8, 4) is 0 Å². The van der Waals surface area contributed by atoms with Crippen molar-refractivity contribution in [3.05, 3.63) is 0 Å². The average molecular weight is 233 g/mol. The van der Waals surface area contributed by atoms with Gasteiger partial charge < -0.3 is 5.32 Å². The number of likely N-dealkylation sites (tertiary alicyclic amines) is 1. The molecule has 90 valence electrons. The first-order valence-electron chi connectivity index (χ1n) is 6.01. The number of nitrogens with zero attached hydrogens (tertiary/aromatic N) is 1. The van der Waals surface area contributed by atoms with Gasteiger partial charge in [-0.05, 0) is 43.8 Å². The van der Waals surface area contributed by atoms with Gasteiger partial charge in [0.1, 0.15) is 0 Å². The summed E-state index contributed by atoms with van der Waals surface area (Å²) in [6, 6.07) is 0.859. The molecule has 2 atom stereocenters. The van der Waals surface area contributed by atoms with Crippen LogP contribution in [0, 0.1) is 11.3 Å². The van der Waals surface area contributed by atoms with Gasteiger partial charge in [-0.25, -0.2) is 0 Å². The molecule has 2 aliphatic rings. The van der Waals surface area contributed by atoms with Crippen molar-refractivity contribution >= 4 is 12.4 Å². The summed E-state index contributed by atoms with van der Waals surface area (Å²) >= 11 is 0. The molecule has 0 aliphatic carbocycles. The Morgan fingerprint density at radius 1 is 1.27 bits per heavy atom. The average Bonchev–Trinajstić information content (AvgIpc) is 2.59. The maximum Gasteiger partial charge on any atom is 0.0261 e. The summed E-state index contributed by atoms with van der Waals surface area (Å²) in [5.41, 5.74) is 0.490. The van der Waals surface area contributed by atoms with Crippen LogP contribution in [0.25, 0.3) is 0 Å². The summed E-state index contributed by atoms with van der Waals surface area (Å²) in [4.78, 5) is 2.70. The van der Waals surface area contributed by atoms with E-state index in [0.29, 0.717) is 5.41 Å². The number of fused-ring (bicyclic) bond motifs is 1. The molecule has 0 unspecified atom stereocenters. The van der Waals surface area contributed by atoms with Crippen molar-refractivity contribution in [2.75, 3.05) is 26.2 Å². The van der Waals surface area contributed by atoms with Crippen LogP contribution in [0.2, 0.25) is 0 Å². The standard InChI is InChI=1S/C12H24N2.ClH/c1-12(2,3)5-7-14-6-4-10-8-13-9-11(10)14;/h10-11,13H,4-9H2,1-3H3;1H/t10-,11+;/m0./s1. The highest BCUT2D eigenvalue weighted by Gasteiger charge is 2.37. The number of hydrogen-bond donors (Lipinski definition) is 1. The Morgan fingerprint density at radius 3 is 2.67 bits per heavy atom. The van der Waals surface area contributed by atoms with Crippen molar-refractivity contribution < 1.29 is 0 Å². The van der Waals surface area contributed by atoms with E-state index in [1.165, 1.54) is 39.0 Å². The minimum Gasteiger partial charge on any atom is -0.315 e. The first-order valence-corrected chi connectivity index (χ1v) is 6.01. The SMILES string of the molecule is CC(C)(C)CCN1CC[C@H]2CNC[C@H]21.Cl. The third-order valence-electron chi connectivity index (χ3n) is 3.71. The van der Waals surface area contributed by atoms with E-state index in [0.717, 1.165) is 12.0 Å². The Morgan fingerprint density at radius 2 is 2.00 bits per heavy atom. The summed E-state index contributed by atoms with van der Waals surface area (Å²) < 4.78 is 0. The summed E-state index contributed by atoms with van der Waals surface area (Å²) in [7, 11) is 0. The van der Waals surface area contributed by atoms with Gasteiger partial charge in [-0.15, -0.1) is 12.4 Å². The van der Waals surface area contributed by atoms with Crippen LogP contribution < -0.4 is 5.32 Å². The Balaban J connectivity index is 0.00000112. The van der Waals surface area contributed by atoms with Crippen LogP contribution in [0.1, 0.15) is 33.6 Å². The second kappa shape index (κ2) is 5.03. The van der Waals surface area contributed by atoms with Crippen molar-refractivity contribution in [3.63, 3.8) is 0 Å². The van der Waals surface area contributed by atoms with Crippen molar-refractivity contribution in [2.24, 2.45) is 11.3 Å². The quantitative estimate of drug-likeness (QED) is 0.785. The van der Waals surface area contributed by atoms with Crippen LogP contribution in [0.5, 0.6) is 0 Å². The van der Waals surface area contributed by atoms with Gasteiger partial charge in [-0.1, -0.05) is 20.8 Å². The molecule has 0 aromatic carbocycles. The van der Waals surface area contributed by atoms with Crippen LogP contribution in [-0.4, -0.2) is 37.1 Å². The Labute approximate surface area is 100 Å². The van der Waals surface area contributed by atoms with E-state index in [-0.39, 0.29) is 12.4 Å². The third-order valence-corrected chi connectivity index (χ3v) is 3.71. The molecular weight excluding hydrogens is 208 g/mol. The molecule has 0 aromatic rings. The van der Waals surface area contributed by atoms with Gasteiger partial charge in [0.15, 0.2) is 0 Å². The van der Waals surface area contributed by atoms with E-state index in [4.69, 9.17) is 0 Å². The van der Waals surface area contributed by atoms with Gasteiger partial charge in [-0.3, -0.25) is 4.90 Å². The largest absolute Gasteiger partial charge is 0.315 e. The molecule has 2 fully saturated rings. The molecule has 0 spiro atoms. The van der Waals surface area contributed by atoms with Crippen molar-refractivity contribution in [1.82, 2.24) is 10.2 Å². The minimum atomic E-state index is 0. The lowest BCUT2D eigenvalue weighted by Crippen LogP contribution is -2.36. The molecule has 15 heavy (non-hydrogen) atoms. The van der Waals surface area contributed by atoms with E-state index < -0.39 is 0 Å². The number of hydrogen-bond acceptors (Lipinski definition) is 2. The predicted octanol–water partition coefficient (Wildman–Crippen LogP) is 2.14. The molecule has 3 heteroatoms. The Kier molecular flexibility index (Phi) is 4.45. The van der Waals surface area contributed by atoms with Crippen LogP contribution in [-0.2, 0) is 0 Å². The summed E-state index contributed by atoms with van der Waals surface area (Å²) in [5, 5.41) is 3.51. The van der Waals surface area contributed by atoms with Gasteiger partial charge >= 0.3 is 0 Å². The lowest BCUT2D eigenvalue weighted by atomic mass is 9.92. The van der Waals surface area contributed by atoms with E-state index in [1.54, 1.807) is 0 Å². The zero-order chi connectivity index (χ0) is 10.2. The number of rotatable bonds is 2. The van der Waals surface area contributed by atoms with Gasteiger partial charge in [0, 0.05) is 12.6 Å². The summed E-state index contributed by atoms with van der Waals surface area (Å²) in [6.07, 6.45) is 2.75. The second-order valence-electron chi connectivity index (χ2n) is 6.12. The lowest BCUT2D eigenvalue weighted by molar-refractivity contribution is 0.212. The fourth-order valence-electron chi connectivity index (χ4n) is 2.70. The molecule has 2 saturated heterocycles. The molecule has 0 radical (unpaired) electrons. The monoisotopic (exact) mass is 232 g/mol. The van der Waals surface area contributed by atoms with Gasteiger partial charge in [0.05, 0.1) is 0 Å². The highest BCUT2D eigenvalue weighted by molar-refractivity contribution is 5.85. The minimum absolute atomic E-state index is 0. The maximum absolute atomic E-state index is 3.51. The molecular formula is C12H25ClN2. The molecule has 2 nitrogen and oxygen atoms in total. The first kappa shape index (κ1) is 13.3. The molecule has 2 heterocycles. The fraction of sp³-hybridized carbons (Fsp3) is 1.00. The Hall–Kier alpha value is 0.210. The van der Waals surface area contributed by atoms with Gasteiger partial charge in [-0.2, -0.15) is 0 Å². The zero-order valence-electron chi connectivity index (χ0n) is 10.3. The molecule has 0 amide bonds. The first-order chi connectivity index (χ1) is 6.56. The number of nitrogens with one attached hydrogen (secondary N) is 1. The Bertz CT molecular complexity index is 200. The van der Waals surface area contributed by atoms with Crippen molar-refractivity contribution in [2.45, 2.75) is 39.7 Å². The molecule has 0 saturated carbocycles. The van der Waals surface area contributed by atoms with Gasteiger partial charge in [0.2, 0.25) is 0 Å². The highest BCUT2D eigenvalue weighted by Crippen LogP contribution is 2.29. The van der Waals surface area contributed by atoms with E-state index >= 15 is 0 Å². The molecule has 2 rings (SSSR count). The summed E-state index contributed by atoms with van der Waals surface area (Å²) in [5.74, 6) is 0.954. The van der Waals surface area contributed by atoms with Crippen LogP contribution in [0.15, 0.2) is 0 Å². The normalized spacial score (nSPS) is 31.4. The lowest BCUT2D eigenvalue weighted by Gasteiger charge is -2.27. The third kappa shape index (κ3) is 3.33. The molecule has 0 aromatic heterocycles. The summed E-state index contributed by atoms with van der Waals surface area (Å²) in [6.45, 7) is 12.2. The molecule has 1 N–H and O–H groups in total. The topological polar surface area (TPSA) is 15.3 Å². The fourth-order valence-corrected chi connectivity index (χ4v) is 2.70. The highest BCUT2D eigenvalue weighted by atomic mass is 35.5. The predicted molar refractivity (Wildman–Crippen MR) is 67.7 cm³/mol. The van der Waals surface area contributed by atoms with Crippen LogP contribution >= 0.6 is 12.4 Å². The van der Waals surface area contributed by atoms with Gasteiger partial charge in [0.25, 0.3) is 0 Å². The molecule has 2 aliphatic heterocycles. The van der Waals surface area contributed by atoms with E-state index in [1.807, 2.05) is 0 Å². The maximum atomic E-state index is 3.51. The van der Waals surface area contributed by atoms with Crippen molar-refractivity contribution in [1.29, 1.82) is 0 Å². The van der Waals surface area contributed by atoms with E-state index in [2.05, 4.69) is 31.0 Å². The van der Waals surface area contributed by atoms with Crippen LogP contribution in [0.4, 0.5) is 0 Å².